The lowest BCUT2D eigenvalue weighted by Gasteiger charge is -2.02. The molecule has 4 heteroatoms. The third kappa shape index (κ3) is 4.16. The zero-order chi connectivity index (χ0) is 18.4. The molecule has 26 heavy (non-hydrogen) atoms. The largest absolute Gasteiger partial charge is 0.462 e. The van der Waals surface area contributed by atoms with E-state index in [1.54, 1.807) is 37.4 Å². The quantitative estimate of drug-likeness (QED) is 0.240. The summed E-state index contributed by atoms with van der Waals surface area (Å²) in [5.41, 5.74) is 4.14. The number of rotatable bonds is 5. The van der Waals surface area contributed by atoms with Crippen molar-refractivity contribution in [3.63, 3.8) is 0 Å². The molecule has 0 heterocycles. The van der Waals surface area contributed by atoms with Crippen molar-refractivity contribution in [2.45, 2.75) is 6.92 Å². The van der Waals surface area contributed by atoms with Gasteiger partial charge in [-0.25, -0.2) is 4.79 Å². The number of hydrogen-bond acceptors (Lipinski definition) is 3. The first-order chi connectivity index (χ1) is 12.7. The standard InChI is InChI=1S/C22H20NO3/c1-2-26-22(24)20-12-14-21(15-13-20)23(25)16-17-8-10-19(11-9-17)18-6-4-3-5-7-18/h3-16,25H,2H2,1H3/q+1. The fraction of sp³-hybridized carbons (Fsp3) is 0.0909. The van der Waals surface area contributed by atoms with Crippen LogP contribution in [0.2, 0.25) is 0 Å². The Labute approximate surface area is 152 Å². The van der Waals surface area contributed by atoms with E-state index in [1.807, 2.05) is 42.5 Å². The minimum absolute atomic E-state index is 0.333. The minimum atomic E-state index is -0.371. The van der Waals surface area contributed by atoms with Crippen LogP contribution in [0.15, 0.2) is 78.9 Å². The molecule has 0 spiro atoms. The van der Waals surface area contributed by atoms with Crippen LogP contribution in [-0.4, -0.2) is 28.7 Å². The highest BCUT2D eigenvalue weighted by Gasteiger charge is 2.11. The predicted octanol–water partition coefficient (Wildman–Crippen LogP) is 4.68. The summed E-state index contributed by atoms with van der Waals surface area (Å²) in [7, 11) is 0. The van der Waals surface area contributed by atoms with Crippen molar-refractivity contribution in [1.29, 1.82) is 0 Å². The Morgan fingerprint density at radius 2 is 1.54 bits per heavy atom. The summed E-state index contributed by atoms with van der Waals surface area (Å²) in [4.78, 5) is 11.7. The van der Waals surface area contributed by atoms with Crippen molar-refractivity contribution in [3.05, 3.63) is 90.0 Å². The summed E-state index contributed by atoms with van der Waals surface area (Å²) < 4.78 is 5.98. The Balaban J connectivity index is 1.76. The summed E-state index contributed by atoms with van der Waals surface area (Å²) in [5, 5.41) is 10.3. The molecule has 0 atom stereocenters. The van der Waals surface area contributed by atoms with Crippen molar-refractivity contribution < 1.29 is 19.5 Å². The van der Waals surface area contributed by atoms with E-state index in [-0.39, 0.29) is 5.97 Å². The Bertz CT molecular complexity index is 898. The lowest BCUT2D eigenvalue weighted by Crippen LogP contribution is -2.05. The Kier molecular flexibility index (Phi) is 5.44. The zero-order valence-electron chi connectivity index (χ0n) is 14.5. The van der Waals surface area contributed by atoms with E-state index in [4.69, 9.17) is 4.74 Å². The molecule has 0 aliphatic heterocycles. The second-order valence-electron chi connectivity index (χ2n) is 5.73. The summed E-state index contributed by atoms with van der Waals surface area (Å²) in [6.45, 7) is 2.10. The van der Waals surface area contributed by atoms with Crippen LogP contribution >= 0.6 is 0 Å². The van der Waals surface area contributed by atoms with Crippen LogP contribution in [0.5, 0.6) is 0 Å². The number of carbonyl (C=O) groups excluding carboxylic acids is 1. The summed E-state index contributed by atoms with van der Waals surface area (Å²) in [6.07, 6.45) is 1.62. The van der Waals surface area contributed by atoms with Gasteiger partial charge in [-0.3, -0.25) is 5.21 Å². The second kappa shape index (κ2) is 8.12. The number of esters is 1. The summed E-state index contributed by atoms with van der Waals surface area (Å²) in [5.74, 6) is -0.371. The highest BCUT2D eigenvalue weighted by molar-refractivity contribution is 5.89. The van der Waals surface area contributed by atoms with Gasteiger partial charge in [-0.2, -0.15) is 0 Å². The van der Waals surface area contributed by atoms with E-state index in [2.05, 4.69) is 12.1 Å². The molecular weight excluding hydrogens is 326 g/mol. The molecule has 130 valence electrons. The Morgan fingerprint density at radius 1 is 0.923 bits per heavy atom. The normalized spacial score (nSPS) is 11.2. The molecule has 0 aliphatic carbocycles. The van der Waals surface area contributed by atoms with E-state index in [0.29, 0.717) is 17.9 Å². The van der Waals surface area contributed by atoms with Crippen molar-refractivity contribution in [2.75, 3.05) is 6.61 Å². The van der Waals surface area contributed by atoms with Gasteiger partial charge in [-0.05, 0) is 42.3 Å². The van der Waals surface area contributed by atoms with Gasteiger partial charge in [0, 0.05) is 22.4 Å². The predicted molar refractivity (Wildman–Crippen MR) is 101 cm³/mol. The Morgan fingerprint density at radius 3 is 2.15 bits per heavy atom. The first-order valence-corrected chi connectivity index (χ1v) is 8.43. The highest BCUT2D eigenvalue weighted by Crippen LogP contribution is 2.19. The van der Waals surface area contributed by atoms with Gasteiger partial charge in [0.2, 0.25) is 6.21 Å². The molecule has 0 saturated carbocycles. The van der Waals surface area contributed by atoms with Crippen LogP contribution in [0.25, 0.3) is 11.1 Å². The Hall–Kier alpha value is -3.40. The van der Waals surface area contributed by atoms with Crippen LogP contribution in [0.1, 0.15) is 22.8 Å². The average Bonchev–Trinajstić information content (AvgIpc) is 2.69. The smallest absolute Gasteiger partial charge is 0.338 e. The summed E-state index contributed by atoms with van der Waals surface area (Å²) in [6, 6.07) is 24.6. The van der Waals surface area contributed by atoms with Gasteiger partial charge in [-0.15, -0.1) is 0 Å². The number of hydrogen-bond donors (Lipinski definition) is 1. The van der Waals surface area contributed by atoms with Crippen molar-refractivity contribution in [3.8, 4) is 11.1 Å². The summed E-state index contributed by atoms with van der Waals surface area (Å²) >= 11 is 0. The van der Waals surface area contributed by atoms with Gasteiger partial charge in [0.1, 0.15) is 0 Å². The van der Waals surface area contributed by atoms with E-state index >= 15 is 0 Å². The molecule has 0 aromatic heterocycles. The molecule has 3 rings (SSSR count). The molecule has 0 radical (unpaired) electrons. The van der Waals surface area contributed by atoms with Crippen LogP contribution in [-0.2, 0) is 4.74 Å². The molecule has 0 amide bonds. The molecule has 3 aromatic carbocycles. The monoisotopic (exact) mass is 346 g/mol. The first kappa shape index (κ1) is 17.4. The van der Waals surface area contributed by atoms with E-state index in [1.165, 1.54) is 0 Å². The van der Waals surface area contributed by atoms with Gasteiger partial charge in [-0.1, -0.05) is 42.5 Å². The van der Waals surface area contributed by atoms with E-state index < -0.39 is 0 Å². The van der Waals surface area contributed by atoms with E-state index in [9.17, 15) is 10.0 Å². The lowest BCUT2D eigenvalue weighted by molar-refractivity contribution is -0.709. The minimum Gasteiger partial charge on any atom is -0.462 e. The number of nitrogens with zero attached hydrogens (tertiary/aromatic N) is 1. The number of ether oxygens (including phenoxy) is 1. The number of carbonyl (C=O) groups is 1. The second-order valence-corrected chi connectivity index (χ2v) is 5.73. The van der Waals surface area contributed by atoms with Gasteiger partial charge in [0.05, 0.1) is 12.2 Å². The van der Waals surface area contributed by atoms with Gasteiger partial charge in [0.25, 0.3) is 5.69 Å². The lowest BCUT2D eigenvalue weighted by atomic mass is 10.0. The van der Waals surface area contributed by atoms with Gasteiger partial charge >= 0.3 is 5.97 Å². The van der Waals surface area contributed by atoms with Crippen LogP contribution in [0, 0.1) is 0 Å². The van der Waals surface area contributed by atoms with Crippen molar-refractivity contribution in [1.82, 2.24) is 0 Å². The molecule has 0 bridgehead atoms. The van der Waals surface area contributed by atoms with Crippen LogP contribution in [0.3, 0.4) is 0 Å². The molecule has 0 unspecified atom stereocenters. The molecule has 0 saturated heterocycles. The molecular formula is C22H20NO3+. The SMILES string of the molecule is CCOC(=O)c1ccc([N+](O)=Cc2ccc(-c3ccccc3)cc2)cc1. The maximum atomic E-state index is 11.7. The zero-order valence-corrected chi connectivity index (χ0v) is 14.5. The van der Waals surface area contributed by atoms with Crippen LogP contribution < -0.4 is 0 Å². The van der Waals surface area contributed by atoms with Crippen LogP contribution in [0.4, 0.5) is 5.69 Å². The third-order valence-corrected chi connectivity index (χ3v) is 3.93. The van der Waals surface area contributed by atoms with Gasteiger partial charge < -0.3 is 4.74 Å². The molecule has 0 fully saturated rings. The molecule has 4 nitrogen and oxygen atoms in total. The van der Waals surface area contributed by atoms with E-state index in [0.717, 1.165) is 21.4 Å². The fourth-order valence-corrected chi connectivity index (χ4v) is 2.57. The van der Waals surface area contributed by atoms with Crippen molar-refractivity contribution >= 4 is 17.9 Å². The molecule has 1 N–H and O–H groups in total. The maximum absolute atomic E-state index is 11.7. The average molecular weight is 346 g/mol. The van der Waals surface area contributed by atoms with Crippen molar-refractivity contribution in [2.24, 2.45) is 0 Å². The fourth-order valence-electron chi connectivity index (χ4n) is 2.57. The first-order valence-electron chi connectivity index (χ1n) is 8.43. The highest BCUT2D eigenvalue weighted by atomic mass is 16.5. The number of benzene rings is 3. The maximum Gasteiger partial charge on any atom is 0.338 e. The molecule has 0 aliphatic rings. The molecule has 3 aromatic rings. The van der Waals surface area contributed by atoms with Gasteiger partial charge in [0.15, 0.2) is 0 Å². The topological polar surface area (TPSA) is 49.5 Å². The third-order valence-electron chi connectivity index (χ3n) is 3.93.